The number of rotatable bonds is 6. The average molecular weight is 393 g/mol. The number of para-hydroxylation sites is 1. The highest BCUT2D eigenvalue weighted by atomic mass is 16.3. The zero-order valence-corrected chi connectivity index (χ0v) is 17.3. The molecule has 4 N–H and O–H groups in total. The SMILES string of the molecule is CNC(=O)c1n[nH]cc1CNc1ccccc1C(O)c1ccc(C(C)(C)C)cc1. The Morgan fingerprint density at radius 1 is 1.14 bits per heavy atom. The van der Waals surface area contributed by atoms with Crippen LogP contribution in [0.1, 0.15) is 59.6 Å². The Kier molecular flexibility index (Phi) is 6.03. The molecule has 6 heteroatoms. The standard InChI is InChI=1S/C23H28N4O2/c1-23(2,3)17-11-9-15(10-12-17)21(28)18-7-5-6-8-19(18)25-13-16-14-26-27-20(16)22(29)24-4/h5-12,14,21,25,28H,13H2,1-4H3,(H,24,29)(H,26,27). The number of hydrogen-bond donors (Lipinski definition) is 4. The number of nitrogens with one attached hydrogen (secondary N) is 3. The van der Waals surface area contributed by atoms with Crippen molar-refractivity contribution < 1.29 is 9.90 Å². The van der Waals surface area contributed by atoms with Gasteiger partial charge < -0.3 is 15.7 Å². The van der Waals surface area contributed by atoms with E-state index in [0.717, 1.165) is 22.4 Å². The van der Waals surface area contributed by atoms with E-state index < -0.39 is 6.10 Å². The smallest absolute Gasteiger partial charge is 0.271 e. The van der Waals surface area contributed by atoms with Gasteiger partial charge in [0.25, 0.3) is 5.91 Å². The zero-order chi connectivity index (χ0) is 21.0. The molecule has 0 aliphatic heterocycles. The van der Waals surface area contributed by atoms with Crippen LogP contribution in [0, 0.1) is 0 Å². The molecule has 1 amide bonds. The van der Waals surface area contributed by atoms with Crippen molar-refractivity contribution in [2.24, 2.45) is 0 Å². The fraction of sp³-hybridized carbons (Fsp3) is 0.304. The number of anilines is 1. The highest BCUT2D eigenvalue weighted by molar-refractivity contribution is 5.93. The molecule has 1 aromatic heterocycles. The van der Waals surface area contributed by atoms with E-state index in [-0.39, 0.29) is 11.3 Å². The summed E-state index contributed by atoms with van der Waals surface area (Å²) in [5.74, 6) is -0.240. The van der Waals surface area contributed by atoms with E-state index in [9.17, 15) is 9.90 Å². The van der Waals surface area contributed by atoms with Gasteiger partial charge in [-0.25, -0.2) is 0 Å². The second-order valence-corrected chi connectivity index (χ2v) is 8.05. The number of aliphatic hydroxyl groups is 1. The topological polar surface area (TPSA) is 90.0 Å². The maximum atomic E-state index is 11.9. The number of aromatic nitrogens is 2. The van der Waals surface area contributed by atoms with Crippen molar-refractivity contribution in [1.82, 2.24) is 15.5 Å². The van der Waals surface area contributed by atoms with Crippen molar-refractivity contribution in [2.45, 2.75) is 38.8 Å². The summed E-state index contributed by atoms with van der Waals surface area (Å²) in [6.45, 7) is 6.91. The molecule has 3 aromatic rings. The summed E-state index contributed by atoms with van der Waals surface area (Å²) in [6.07, 6.45) is 0.942. The third kappa shape index (κ3) is 4.66. The first-order valence-corrected chi connectivity index (χ1v) is 9.67. The molecule has 29 heavy (non-hydrogen) atoms. The third-order valence-electron chi connectivity index (χ3n) is 4.98. The number of H-pyrrole nitrogens is 1. The van der Waals surface area contributed by atoms with Crippen LogP contribution in [0.4, 0.5) is 5.69 Å². The van der Waals surface area contributed by atoms with Gasteiger partial charge in [0.2, 0.25) is 0 Å². The lowest BCUT2D eigenvalue weighted by Gasteiger charge is -2.21. The van der Waals surface area contributed by atoms with E-state index in [2.05, 4.69) is 53.7 Å². The maximum absolute atomic E-state index is 11.9. The van der Waals surface area contributed by atoms with Gasteiger partial charge in [0.05, 0.1) is 0 Å². The predicted molar refractivity (Wildman–Crippen MR) is 115 cm³/mol. The van der Waals surface area contributed by atoms with Gasteiger partial charge in [-0.05, 0) is 22.6 Å². The normalized spacial score (nSPS) is 12.4. The molecular weight excluding hydrogens is 364 g/mol. The van der Waals surface area contributed by atoms with Crippen LogP contribution >= 0.6 is 0 Å². The highest BCUT2D eigenvalue weighted by Crippen LogP contribution is 2.30. The van der Waals surface area contributed by atoms with Gasteiger partial charge in [0.15, 0.2) is 5.69 Å². The second kappa shape index (κ2) is 8.49. The summed E-state index contributed by atoms with van der Waals surface area (Å²) < 4.78 is 0. The minimum Gasteiger partial charge on any atom is -0.384 e. The zero-order valence-electron chi connectivity index (χ0n) is 17.3. The molecule has 3 rings (SSSR count). The Morgan fingerprint density at radius 2 is 1.83 bits per heavy atom. The van der Waals surface area contributed by atoms with Crippen LogP contribution in [0.2, 0.25) is 0 Å². The first kappa shape index (κ1) is 20.6. The minimum atomic E-state index is -0.754. The molecule has 0 aliphatic rings. The molecule has 152 valence electrons. The van der Waals surface area contributed by atoms with E-state index in [0.29, 0.717) is 12.2 Å². The maximum Gasteiger partial charge on any atom is 0.271 e. The Bertz CT molecular complexity index is 971. The number of aliphatic hydroxyl groups excluding tert-OH is 1. The molecule has 1 heterocycles. The first-order valence-electron chi connectivity index (χ1n) is 9.67. The van der Waals surface area contributed by atoms with Crippen LogP contribution in [-0.4, -0.2) is 28.3 Å². The van der Waals surface area contributed by atoms with E-state index >= 15 is 0 Å². The number of carbonyl (C=O) groups is 1. The third-order valence-corrected chi connectivity index (χ3v) is 4.98. The van der Waals surface area contributed by atoms with Crippen LogP contribution in [0.3, 0.4) is 0 Å². The number of amides is 1. The fourth-order valence-electron chi connectivity index (χ4n) is 3.20. The molecular formula is C23H28N4O2. The van der Waals surface area contributed by atoms with Crippen molar-refractivity contribution in [3.63, 3.8) is 0 Å². The molecule has 0 radical (unpaired) electrons. The number of carbonyl (C=O) groups excluding carboxylic acids is 1. The average Bonchev–Trinajstić information content (AvgIpc) is 3.19. The van der Waals surface area contributed by atoms with Crippen LogP contribution in [0.5, 0.6) is 0 Å². The fourth-order valence-corrected chi connectivity index (χ4v) is 3.20. The van der Waals surface area contributed by atoms with Crippen molar-refractivity contribution in [2.75, 3.05) is 12.4 Å². The van der Waals surface area contributed by atoms with Gasteiger partial charge in [0.1, 0.15) is 6.10 Å². The van der Waals surface area contributed by atoms with E-state index in [1.54, 1.807) is 13.2 Å². The molecule has 0 fully saturated rings. The summed E-state index contributed by atoms with van der Waals surface area (Å²) in [5, 5.41) is 23.6. The second-order valence-electron chi connectivity index (χ2n) is 8.05. The first-order chi connectivity index (χ1) is 13.8. The van der Waals surface area contributed by atoms with Crippen LogP contribution in [-0.2, 0) is 12.0 Å². The molecule has 0 saturated heterocycles. The Labute approximate surface area is 171 Å². The van der Waals surface area contributed by atoms with Gasteiger partial charge in [-0.2, -0.15) is 5.10 Å². The molecule has 0 saturated carbocycles. The van der Waals surface area contributed by atoms with E-state index in [1.807, 2.05) is 36.4 Å². The van der Waals surface area contributed by atoms with Crippen molar-refractivity contribution in [1.29, 1.82) is 0 Å². The lowest BCUT2D eigenvalue weighted by Crippen LogP contribution is -2.20. The lowest BCUT2D eigenvalue weighted by atomic mass is 9.86. The lowest BCUT2D eigenvalue weighted by molar-refractivity contribution is 0.0957. The van der Waals surface area contributed by atoms with Crippen LogP contribution < -0.4 is 10.6 Å². The minimum absolute atomic E-state index is 0.0655. The molecule has 0 aliphatic carbocycles. The van der Waals surface area contributed by atoms with Gasteiger partial charge >= 0.3 is 0 Å². The summed E-state index contributed by atoms with van der Waals surface area (Å²) >= 11 is 0. The number of hydrogen-bond acceptors (Lipinski definition) is 4. The Hall–Kier alpha value is -3.12. The molecule has 2 aromatic carbocycles. The summed E-state index contributed by atoms with van der Waals surface area (Å²) in [7, 11) is 1.57. The summed E-state index contributed by atoms with van der Waals surface area (Å²) in [4.78, 5) is 11.9. The van der Waals surface area contributed by atoms with Crippen molar-refractivity contribution in [3.05, 3.63) is 82.7 Å². The van der Waals surface area contributed by atoms with Gasteiger partial charge in [0, 0.05) is 36.6 Å². The molecule has 6 nitrogen and oxygen atoms in total. The van der Waals surface area contributed by atoms with Crippen molar-refractivity contribution in [3.8, 4) is 0 Å². The number of aromatic amines is 1. The Morgan fingerprint density at radius 3 is 2.48 bits per heavy atom. The predicted octanol–water partition coefficient (Wildman–Crippen LogP) is 3.76. The summed E-state index contributed by atoms with van der Waals surface area (Å²) in [6, 6.07) is 15.7. The van der Waals surface area contributed by atoms with E-state index in [4.69, 9.17) is 0 Å². The van der Waals surface area contributed by atoms with Crippen LogP contribution in [0.25, 0.3) is 0 Å². The van der Waals surface area contributed by atoms with E-state index in [1.165, 1.54) is 5.56 Å². The number of benzene rings is 2. The van der Waals surface area contributed by atoms with Crippen molar-refractivity contribution >= 4 is 11.6 Å². The van der Waals surface area contributed by atoms with Gasteiger partial charge in [-0.15, -0.1) is 0 Å². The van der Waals surface area contributed by atoms with Gasteiger partial charge in [-0.1, -0.05) is 63.2 Å². The summed E-state index contributed by atoms with van der Waals surface area (Å²) in [5.41, 5.74) is 4.82. The molecule has 1 unspecified atom stereocenters. The molecule has 1 atom stereocenters. The number of nitrogens with zero attached hydrogens (tertiary/aromatic N) is 1. The molecule has 0 spiro atoms. The Balaban J connectivity index is 1.80. The quantitative estimate of drug-likeness (QED) is 0.514. The van der Waals surface area contributed by atoms with Gasteiger partial charge in [-0.3, -0.25) is 9.89 Å². The molecule has 0 bridgehead atoms. The largest absolute Gasteiger partial charge is 0.384 e. The highest BCUT2D eigenvalue weighted by Gasteiger charge is 2.18. The van der Waals surface area contributed by atoms with Crippen LogP contribution in [0.15, 0.2) is 54.7 Å². The monoisotopic (exact) mass is 392 g/mol.